The van der Waals surface area contributed by atoms with E-state index in [1.165, 1.54) is 0 Å². The van der Waals surface area contributed by atoms with Gasteiger partial charge in [0.1, 0.15) is 0 Å². The molecule has 12 heavy (non-hydrogen) atoms. The summed E-state index contributed by atoms with van der Waals surface area (Å²) in [4.78, 5) is 0. The molecule has 3 nitrogen and oxygen atoms in total. The van der Waals surface area contributed by atoms with E-state index in [4.69, 9.17) is 0 Å². The minimum absolute atomic E-state index is 0.170. The van der Waals surface area contributed by atoms with E-state index in [0.717, 1.165) is 12.8 Å². The molecule has 1 saturated carbocycles. The van der Waals surface area contributed by atoms with E-state index in [1.807, 2.05) is 13.8 Å². The first-order valence-electron chi connectivity index (χ1n) is 4.39. The lowest BCUT2D eigenvalue weighted by Crippen LogP contribution is -2.45. The fourth-order valence-corrected chi connectivity index (χ4v) is 2.47. The standard InChI is InChI=1S/C8H17NO2S/c1-4-12(10,11)9-8(2,3)7-5-6-7/h7,9H,4-6H2,1-3H3. The zero-order valence-corrected chi connectivity index (χ0v) is 8.74. The van der Waals surface area contributed by atoms with Crippen molar-refractivity contribution >= 4 is 10.0 Å². The van der Waals surface area contributed by atoms with Crippen molar-refractivity contribution in [2.75, 3.05) is 5.75 Å². The molecule has 0 aromatic carbocycles. The molecule has 1 N–H and O–H groups in total. The minimum Gasteiger partial charge on any atom is -0.212 e. The van der Waals surface area contributed by atoms with Gasteiger partial charge in [0.25, 0.3) is 0 Å². The molecular formula is C8H17NO2S. The summed E-state index contributed by atoms with van der Waals surface area (Å²) in [7, 11) is -3.03. The van der Waals surface area contributed by atoms with Crippen LogP contribution < -0.4 is 4.72 Å². The Morgan fingerprint density at radius 2 is 1.92 bits per heavy atom. The van der Waals surface area contributed by atoms with E-state index in [-0.39, 0.29) is 11.3 Å². The third-order valence-corrected chi connectivity index (χ3v) is 3.99. The second-order valence-corrected chi connectivity index (χ2v) is 6.01. The van der Waals surface area contributed by atoms with Gasteiger partial charge in [-0.2, -0.15) is 0 Å². The average Bonchev–Trinajstić information content (AvgIpc) is 2.65. The van der Waals surface area contributed by atoms with Gasteiger partial charge in [-0.25, -0.2) is 13.1 Å². The Labute approximate surface area is 74.6 Å². The highest BCUT2D eigenvalue weighted by molar-refractivity contribution is 7.89. The van der Waals surface area contributed by atoms with Gasteiger partial charge in [0, 0.05) is 5.54 Å². The summed E-state index contributed by atoms with van der Waals surface area (Å²) >= 11 is 0. The molecule has 1 aliphatic rings. The highest BCUT2D eigenvalue weighted by Crippen LogP contribution is 2.39. The highest BCUT2D eigenvalue weighted by Gasteiger charge is 2.39. The van der Waals surface area contributed by atoms with Gasteiger partial charge < -0.3 is 0 Å². The molecule has 0 aromatic rings. The summed E-state index contributed by atoms with van der Waals surface area (Å²) in [5.41, 5.74) is -0.241. The fourth-order valence-electron chi connectivity index (χ4n) is 1.36. The molecule has 1 fully saturated rings. The SMILES string of the molecule is CCS(=O)(=O)NC(C)(C)C1CC1. The van der Waals surface area contributed by atoms with Gasteiger partial charge in [-0.05, 0) is 39.5 Å². The van der Waals surface area contributed by atoms with Crippen molar-refractivity contribution in [2.45, 2.75) is 39.2 Å². The van der Waals surface area contributed by atoms with Crippen LogP contribution in [-0.2, 0) is 10.0 Å². The van der Waals surface area contributed by atoms with Crippen LogP contribution in [0.15, 0.2) is 0 Å². The molecule has 4 heteroatoms. The summed E-state index contributed by atoms with van der Waals surface area (Å²) in [6, 6.07) is 0. The van der Waals surface area contributed by atoms with Gasteiger partial charge in [-0.3, -0.25) is 0 Å². The maximum atomic E-state index is 11.2. The van der Waals surface area contributed by atoms with E-state index >= 15 is 0 Å². The van der Waals surface area contributed by atoms with E-state index < -0.39 is 10.0 Å². The third-order valence-electron chi connectivity index (χ3n) is 2.40. The topological polar surface area (TPSA) is 46.2 Å². The van der Waals surface area contributed by atoms with Crippen LogP contribution in [0.3, 0.4) is 0 Å². The second-order valence-electron chi connectivity index (χ2n) is 4.00. The van der Waals surface area contributed by atoms with Gasteiger partial charge >= 0.3 is 0 Å². The largest absolute Gasteiger partial charge is 0.212 e. The molecule has 0 spiro atoms. The van der Waals surface area contributed by atoms with Crippen molar-refractivity contribution in [3.05, 3.63) is 0 Å². The normalized spacial score (nSPS) is 19.6. The molecule has 0 bridgehead atoms. The Morgan fingerprint density at radius 3 is 2.25 bits per heavy atom. The van der Waals surface area contributed by atoms with Crippen LogP contribution in [-0.4, -0.2) is 19.7 Å². The molecule has 0 amide bonds. The molecule has 0 saturated heterocycles. The Morgan fingerprint density at radius 1 is 1.42 bits per heavy atom. The number of hydrogen-bond acceptors (Lipinski definition) is 2. The highest BCUT2D eigenvalue weighted by atomic mass is 32.2. The van der Waals surface area contributed by atoms with Crippen LogP contribution in [0.4, 0.5) is 0 Å². The van der Waals surface area contributed by atoms with Crippen molar-refractivity contribution in [3.63, 3.8) is 0 Å². The number of sulfonamides is 1. The number of nitrogens with one attached hydrogen (secondary N) is 1. The molecular weight excluding hydrogens is 174 g/mol. The van der Waals surface area contributed by atoms with Crippen molar-refractivity contribution in [3.8, 4) is 0 Å². The number of hydrogen-bond donors (Lipinski definition) is 1. The van der Waals surface area contributed by atoms with Crippen molar-refractivity contribution in [1.82, 2.24) is 4.72 Å². The zero-order chi connectivity index (χ0) is 9.41. The Bertz CT molecular complexity index is 252. The minimum atomic E-state index is -3.03. The molecule has 0 radical (unpaired) electrons. The Balaban J connectivity index is 2.60. The van der Waals surface area contributed by atoms with E-state index in [0.29, 0.717) is 5.92 Å². The second kappa shape index (κ2) is 3.00. The Kier molecular flexibility index (Phi) is 2.50. The average molecular weight is 191 g/mol. The maximum Gasteiger partial charge on any atom is 0.211 e. The number of rotatable bonds is 4. The van der Waals surface area contributed by atoms with E-state index in [2.05, 4.69) is 4.72 Å². The van der Waals surface area contributed by atoms with E-state index in [9.17, 15) is 8.42 Å². The van der Waals surface area contributed by atoms with Crippen LogP contribution >= 0.6 is 0 Å². The molecule has 72 valence electrons. The monoisotopic (exact) mass is 191 g/mol. The molecule has 0 unspecified atom stereocenters. The molecule has 0 aliphatic heterocycles. The lowest BCUT2D eigenvalue weighted by atomic mass is 10.0. The van der Waals surface area contributed by atoms with Crippen LogP contribution in [0.5, 0.6) is 0 Å². The molecule has 1 rings (SSSR count). The molecule has 0 aromatic heterocycles. The smallest absolute Gasteiger partial charge is 0.211 e. The summed E-state index contributed by atoms with van der Waals surface area (Å²) in [6.45, 7) is 5.57. The predicted molar refractivity (Wildman–Crippen MR) is 49.4 cm³/mol. The first-order chi connectivity index (χ1) is 5.37. The summed E-state index contributed by atoms with van der Waals surface area (Å²) < 4.78 is 25.2. The molecule has 0 atom stereocenters. The van der Waals surface area contributed by atoms with Gasteiger partial charge in [0.15, 0.2) is 0 Å². The van der Waals surface area contributed by atoms with Gasteiger partial charge in [-0.1, -0.05) is 0 Å². The summed E-state index contributed by atoms with van der Waals surface area (Å²) in [6.07, 6.45) is 2.30. The van der Waals surface area contributed by atoms with Crippen LogP contribution in [0.1, 0.15) is 33.6 Å². The van der Waals surface area contributed by atoms with Crippen molar-refractivity contribution in [1.29, 1.82) is 0 Å². The first-order valence-corrected chi connectivity index (χ1v) is 6.04. The van der Waals surface area contributed by atoms with Crippen molar-refractivity contribution in [2.24, 2.45) is 5.92 Å². The zero-order valence-electron chi connectivity index (χ0n) is 7.92. The Hall–Kier alpha value is -0.0900. The molecule has 0 heterocycles. The summed E-state index contributed by atoms with van der Waals surface area (Å²) in [5, 5.41) is 0. The predicted octanol–water partition coefficient (Wildman–Crippen LogP) is 1.11. The van der Waals surface area contributed by atoms with Crippen LogP contribution in [0.2, 0.25) is 0 Å². The van der Waals surface area contributed by atoms with Crippen molar-refractivity contribution < 1.29 is 8.42 Å². The fraction of sp³-hybridized carbons (Fsp3) is 1.00. The third kappa shape index (κ3) is 2.45. The van der Waals surface area contributed by atoms with Gasteiger partial charge in [-0.15, -0.1) is 0 Å². The van der Waals surface area contributed by atoms with Gasteiger partial charge in [0.05, 0.1) is 5.75 Å². The quantitative estimate of drug-likeness (QED) is 0.723. The van der Waals surface area contributed by atoms with Gasteiger partial charge in [0.2, 0.25) is 10.0 Å². The molecule has 1 aliphatic carbocycles. The van der Waals surface area contributed by atoms with Crippen LogP contribution in [0, 0.1) is 5.92 Å². The van der Waals surface area contributed by atoms with Crippen LogP contribution in [0.25, 0.3) is 0 Å². The summed E-state index contributed by atoms with van der Waals surface area (Å²) in [5.74, 6) is 0.710. The first kappa shape index (κ1) is 9.99. The lowest BCUT2D eigenvalue weighted by Gasteiger charge is -2.25. The van der Waals surface area contributed by atoms with E-state index in [1.54, 1.807) is 6.92 Å². The lowest BCUT2D eigenvalue weighted by molar-refractivity contribution is 0.401. The maximum absolute atomic E-state index is 11.2.